The minimum absolute atomic E-state index is 0.192. The van der Waals surface area contributed by atoms with Gasteiger partial charge in [0.15, 0.2) is 4.80 Å². The first-order chi connectivity index (χ1) is 16.9. The number of carbonyl (C=O) groups is 2. The van der Waals surface area contributed by atoms with E-state index in [0.29, 0.717) is 45.2 Å². The molecule has 0 aliphatic carbocycles. The van der Waals surface area contributed by atoms with Gasteiger partial charge in [0.2, 0.25) is 0 Å². The molecule has 35 heavy (non-hydrogen) atoms. The van der Waals surface area contributed by atoms with Crippen molar-refractivity contribution in [3.05, 3.63) is 90.6 Å². The van der Waals surface area contributed by atoms with Gasteiger partial charge in [0.25, 0.3) is 11.5 Å². The van der Waals surface area contributed by atoms with E-state index in [1.54, 1.807) is 38.1 Å². The Kier molecular flexibility index (Phi) is 5.86. The number of aromatic nitrogens is 1. The number of allylic oxidation sites excluding steroid dienone is 1. The molecular weight excluding hydrogens is 466 g/mol. The number of nitrogens with zero attached hydrogens (tertiary/aromatic N) is 2. The summed E-state index contributed by atoms with van der Waals surface area (Å²) in [4.78, 5) is 44.7. The fourth-order valence-corrected chi connectivity index (χ4v) is 5.56. The number of esters is 1. The Morgan fingerprint density at radius 3 is 2.54 bits per heavy atom. The van der Waals surface area contributed by atoms with E-state index in [9.17, 15) is 14.4 Å². The number of fused-ring (bicyclic) bond motifs is 2. The molecule has 1 unspecified atom stereocenters. The van der Waals surface area contributed by atoms with E-state index in [4.69, 9.17) is 9.47 Å². The number of thiazole rings is 1. The highest BCUT2D eigenvalue weighted by Crippen LogP contribution is 2.33. The molecule has 0 radical (unpaired) electrons. The van der Waals surface area contributed by atoms with Crippen LogP contribution in [0, 0.1) is 0 Å². The van der Waals surface area contributed by atoms with Gasteiger partial charge in [0.05, 0.1) is 36.1 Å². The van der Waals surface area contributed by atoms with Crippen molar-refractivity contribution in [2.45, 2.75) is 26.8 Å². The van der Waals surface area contributed by atoms with Gasteiger partial charge in [-0.25, -0.2) is 9.79 Å². The van der Waals surface area contributed by atoms with Crippen LogP contribution in [0.1, 0.15) is 37.9 Å². The van der Waals surface area contributed by atoms with Gasteiger partial charge in [-0.15, -0.1) is 0 Å². The first-order valence-electron chi connectivity index (χ1n) is 11.3. The van der Waals surface area contributed by atoms with E-state index in [0.717, 1.165) is 11.3 Å². The number of rotatable bonds is 5. The van der Waals surface area contributed by atoms with E-state index in [1.807, 2.05) is 31.2 Å². The fourth-order valence-electron chi connectivity index (χ4n) is 4.41. The third-order valence-corrected chi connectivity index (χ3v) is 6.95. The second-order valence-electron chi connectivity index (χ2n) is 8.00. The maximum Gasteiger partial charge on any atom is 0.338 e. The summed E-state index contributed by atoms with van der Waals surface area (Å²) in [6, 6.07) is 13.7. The Bertz CT molecular complexity index is 1560. The summed E-state index contributed by atoms with van der Waals surface area (Å²) in [6.45, 7) is 6.07. The minimum atomic E-state index is -0.755. The Morgan fingerprint density at radius 2 is 1.83 bits per heavy atom. The predicted molar refractivity (Wildman–Crippen MR) is 132 cm³/mol. The van der Waals surface area contributed by atoms with Crippen molar-refractivity contribution >= 4 is 34.5 Å². The van der Waals surface area contributed by atoms with Gasteiger partial charge in [-0.2, -0.15) is 0 Å². The first-order valence-corrected chi connectivity index (χ1v) is 12.1. The number of ether oxygens (including phenoxy) is 2. The zero-order chi connectivity index (χ0) is 24.7. The molecule has 0 spiro atoms. The molecule has 0 saturated heterocycles. The van der Waals surface area contributed by atoms with Gasteiger partial charge >= 0.3 is 5.97 Å². The molecule has 9 heteroatoms. The maximum atomic E-state index is 13.9. The zero-order valence-corrected chi connectivity index (χ0v) is 20.3. The lowest BCUT2D eigenvalue weighted by Gasteiger charge is -2.24. The number of carbonyl (C=O) groups excluding carboxylic acids is 2. The van der Waals surface area contributed by atoms with Crippen LogP contribution in [0.5, 0.6) is 5.75 Å². The van der Waals surface area contributed by atoms with Crippen molar-refractivity contribution in [1.82, 2.24) is 4.57 Å². The number of nitrogens with one attached hydrogen (secondary N) is 1. The minimum Gasteiger partial charge on any atom is -0.494 e. The summed E-state index contributed by atoms with van der Waals surface area (Å²) < 4.78 is 12.6. The molecule has 1 amide bonds. The molecule has 3 aromatic rings. The van der Waals surface area contributed by atoms with Crippen LogP contribution in [0.15, 0.2) is 69.6 Å². The number of para-hydroxylation sites is 1. The van der Waals surface area contributed by atoms with Gasteiger partial charge in [-0.1, -0.05) is 41.7 Å². The second-order valence-corrected chi connectivity index (χ2v) is 8.98. The number of anilines is 1. The SMILES string of the molecule is CCOC(=O)C1=C(C)N=c2s/c(=C3/C(=O)Nc4ccccc43)c(=O)n2C1c1ccc(OCC)cc1. The van der Waals surface area contributed by atoms with Crippen molar-refractivity contribution in [3.63, 3.8) is 0 Å². The molecule has 1 aromatic heterocycles. The summed E-state index contributed by atoms with van der Waals surface area (Å²) >= 11 is 1.14. The number of hydrogen-bond donors (Lipinski definition) is 1. The van der Waals surface area contributed by atoms with Crippen LogP contribution in [-0.4, -0.2) is 29.7 Å². The third-order valence-electron chi connectivity index (χ3n) is 5.90. The van der Waals surface area contributed by atoms with E-state index in [-0.39, 0.29) is 28.2 Å². The molecule has 3 heterocycles. The quantitative estimate of drug-likeness (QED) is 0.556. The van der Waals surface area contributed by atoms with E-state index >= 15 is 0 Å². The molecule has 2 aliphatic rings. The first kappa shape index (κ1) is 22.8. The highest BCUT2D eigenvalue weighted by molar-refractivity contribution is 7.07. The normalized spacial score (nSPS) is 17.9. The molecule has 178 valence electrons. The van der Waals surface area contributed by atoms with Crippen LogP contribution in [0.4, 0.5) is 5.69 Å². The van der Waals surface area contributed by atoms with Crippen molar-refractivity contribution < 1.29 is 19.1 Å². The van der Waals surface area contributed by atoms with E-state index < -0.39 is 12.0 Å². The van der Waals surface area contributed by atoms with Crippen LogP contribution >= 0.6 is 11.3 Å². The van der Waals surface area contributed by atoms with Crippen molar-refractivity contribution in [1.29, 1.82) is 0 Å². The van der Waals surface area contributed by atoms with Gasteiger partial charge in [0.1, 0.15) is 10.3 Å². The molecular formula is C26H23N3O5S. The topological polar surface area (TPSA) is 99.0 Å². The van der Waals surface area contributed by atoms with Crippen LogP contribution in [0.25, 0.3) is 5.57 Å². The van der Waals surface area contributed by atoms with E-state index in [1.165, 1.54) is 4.57 Å². The molecule has 8 nitrogen and oxygen atoms in total. The second kappa shape index (κ2) is 8.99. The van der Waals surface area contributed by atoms with Crippen LogP contribution in [0.2, 0.25) is 0 Å². The molecule has 1 N–H and O–H groups in total. The van der Waals surface area contributed by atoms with Gasteiger partial charge < -0.3 is 14.8 Å². The molecule has 2 aliphatic heterocycles. The maximum absolute atomic E-state index is 13.9. The molecule has 2 aromatic carbocycles. The summed E-state index contributed by atoms with van der Waals surface area (Å²) in [5.74, 6) is -0.187. The Hall–Kier alpha value is -3.98. The smallest absolute Gasteiger partial charge is 0.338 e. The van der Waals surface area contributed by atoms with Crippen molar-refractivity contribution in [3.8, 4) is 5.75 Å². The third kappa shape index (κ3) is 3.77. The largest absolute Gasteiger partial charge is 0.494 e. The molecule has 1 atom stereocenters. The highest BCUT2D eigenvalue weighted by atomic mass is 32.1. The molecule has 0 fully saturated rings. The number of benzene rings is 2. The standard InChI is InChI=1S/C26H23N3O5S/c1-4-33-16-12-10-15(11-13-16)21-19(25(32)34-5-2)14(3)27-26-29(21)24(31)22(35-26)20-17-8-6-7-9-18(17)28-23(20)30/h6-13,21H,4-5H2,1-3H3,(H,28,30)/b22-20+. The van der Waals surface area contributed by atoms with Gasteiger partial charge in [0, 0.05) is 11.3 Å². The summed E-state index contributed by atoms with van der Waals surface area (Å²) in [5.41, 5.74) is 2.72. The highest BCUT2D eigenvalue weighted by Gasteiger charge is 2.35. The molecule has 5 rings (SSSR count). The van der Waals surface area contributed by atoms with Gasteiger partial charge in [-0.3, -0.25) is 14.2 Å². The summed E-state index contributed by atoms with van der Waals surface area (Å²) in [5, 5.41) is 2.82. The predicted octanol–water partition coefficient (Wildman–Crippen LogP) is 2.52. The molecule has 0 saturated carbocycles. The Morgan fingerprint density at radius 1 is 1.09 bits per heavy atom. The summed E-state index contributed by atoms with van der Waals surface area (Å²) in [6.07, 6.45) is 0. The lowest BCUT2D eigenvalue weighted by atomic mass is 9.96. The van der Waals surface area contributed by atoms with Crippen LogP contribution < -0.4 is 24.9 Å². The fraction of sp³-hybridized carbons (Fsp3) is 0.231. The van der Waals surface area contributed by atoms with Gasteiger partial charge in [-0.05, 0) is 44.5 Å². The lowest BCUT2D eigenvalue weighted by Crippen LogP contribution is -2.40. The van der Waals surface area contributed by atoms with Crippen molar-refractivity contribution in [2.24, 2.45) is 4.99 Å². The number of hydrogen-bond acceptors (Lipinski definition) is 7. The Balaban J connectivity index is 1.77. The zero-order valence-electron chi connectivity index (χ0n) is 19.5. The van der Waals surface area contributed by atoms with Crippen LogP contribution in [0.3, 0.4) is 0 Å². The number of amides is 1. The van der Waals surface area contributed by atoms with Crippen molar-refractivity contribution in [2.75, 3.05) is 18.5 Å². The van der Waals surface area contributed by atoms with E-state index in [2.05, 4.69) is 10.3 Å². The average Bonchev–Trinajstić information content (AvgIpc) is 3.34. The lowest BCUT2D eigenvalue weighted by molar-refractivity contribution is -0.139. The monoisotopic (exact) mass is 489 g/mol. The van der Waals surface area contributed by atoms with Crippen LogP contribution in [-0.2, 0) is 14.3 Å². The average molecular weight is 490 g/mol. The Labute approximate surface area is 204 Å². The summed E-state index contributed by atoms with van der Waals surface area (Å²) in [7, 11) is 0. The molecule has 0 bridgehead atoms.